The summed E-state index contributed by atoms with van der Waals surface area (Å²) in [6.07, 6.45) is 1.87. The fourth-order valence-electron chi connectivity index (χ4n) is 1.50. The van der Waals surface area contributed by atoms with E-state index < -0.39 is 0 Å². The van der Waals surface area contributed by atoms with Crippen LogP contribution in [-0.2, 0) is 0 Å². The highest BCUT2D eigenvalue weighted by Crippen LogP contribution is 2.17. The Hall–Kier alpha value is -1.71. The zero-order valence-corrected chi connectivity index (χ0v) is 12.7. The van der Waals surface area contributed by atoms with E-state index in [9.17, 15) is 0 Å². The number of anilines is 1. The number of hydrogen-bond donors (Lipinski definition) is 1. The summed E-state index contributed by atoms with van der Waals surface area (Å²) in [6.45, 7) is 3.74. The maximum absolute atomic E-state index is 4.61. The second-order valence-corrected chi connectivity index (χ2v) is 4.85. The number of nitrogens with zero attached hydrogens (tertiary/aromatic N) is 1. The zero-order valence-electron chi connectivity index (χ0n) is 11.0. The van der Waals surface area contributed by atoms with Crippen molar-refractivity contribution in [3.05, 3.63) is 73.3 Å². The highest BCUT2D eigenvalue weighted by Gasteiger charge is 2.00. The van der Waals surface area contributed by atoms with E-state index in [0.717, 1.165) is 22.3 Å². The van der Waals surface area contributed by atoms with Crippen LogP contribution in [0.15, 0.2) is 78.3 Å². The molecule has 4 heteroatoms. The van der Waals surface area contributed by atoms with Crippen LogP contribution in [-0.4, -0.2) is 10.9 Å². The minimum absolute atomic E-state index is 0. The Morgan fingerprint density at radius 2 is 1.65 bits per heavy atom. The standard InChI is InChI=1S/C16H16N2S.ClH/c1-2-13-19-16(17-14-9-5-3-6-10-14)18-15-11-7-4-8-12-15;/h2-12H,1,13H2,(H,17,18);1H. The normalized spacial score (nSPS) is 10.5. The van der Waals surface area contributed by atoms with E-state index in [1.807, 2.05) is 66.7 Å². The topological polar surface area (TPSA) is 24.4 Å². The van der Waals surface area contributed by atoms with E-state index in [1.165, 1.54) is 0 Å². The molecule has 1 N–H and O–H groups in total. The van der Waals surface area contributed by atoms with Crippen molar-refractivity contribution >= 4 is 40.7 Å². The smallest absolute Gasteiger partial charge is 0.166 e. The molecule has 2 aromatic carbocycles. The number of nitrogens with one attached hydrogen (secondary N) is 1. The Balaban J connectivity index is 0.00000200. The van der Waals surface area contributed by atoms with E-state index in [-0.39, 0.29) is 12.4 Å². The van der Waals surface area contributed by atoms with Gasteiger partial charge in [-0.25, -0.2) is 4.99 Å². The minimum atomic E-state index is 0. The monoisotopic (exact) mass is 304 g/mol. The molecule has 2 nitrogen and oxygen atoms in total. The molecule has 0 saturated carbocycles. The molecule has 0 bridgehead atoms. The molecule has 2 aromatic rings. The largest absolute Gasteiger partial charge is 0.335 e. The Morgan fingerprint density at radius 1 is 1.05 bits per heavy atom. The van der Waals surface area contributed by atoms with E-state index in [0.29, 0.717) is 0 Å². The third-order valence-corrected chi connectivity index (χ3v) is 3.22. The number of hydrogen-bond acceptors (Lipinski definition) is 2. The molecule has 0 amide bonds. The molecule has 0 spiro atoms. The Morgan fingerprint density at radius 3 is 2.25 bits per heavy atom. The van der Waals surface area contributed by atoms with Crippen molar-refractivity contribution in [1.82, 2.24) is 0 Å². The third-order valence-electron chi connectivity index (χ3n) is 2.35. The van der Waals surface area contributed by atoms with Crippen LogP contribution in [0.1, 0.15) is 0 Å². The minimum Gasteiger partial charge on any atom is -0.335 e. The first-order valence-corrected chi connectivity index (χ1v) is 7.06. The number of thioether (sulfide) groups is 1. The quantitative estimate of drug-likeness (QED) is 0.481. The number of aliphatic imine (C=N–C) groups is 1. The van der Waals surface area contributed by atoms with Crippen molar-refractivity contribution < 1.29 is 0 Å². The molecular weight excluding hydrogens is 288 g/mol. The van der Waals surface area contributed by atoms with Gasteiger partial charge in [0.15, 0.2) is 5.17 Å². The van der Waals surface area contributed by atoms with Gasteiger partial charge in [-0.1, -0.05) is 54.2 Å². The lowest BCUT2D eigenvalue weighted by Crippen LogP contribution is -2.07. The Labute approximate surface area is 130 Å². The molecule has 0 aromatic heterocycles. The van der Waals surface area contributed by atoms with Crippen molar-refractivity contribution in [3.8, 4) is 0 Å². The molecule has 2 rings (SSSR count). The summed E-state index contributed by atoms with van der Waals surface area (Å²) >= 11 is 1.63. The van der Waals surface area contributed by atoms with Gasteiger partial charge in [-0.3, -0.25) is 0 Å². The molecule has 0 unspecified atom stereocenters. The summed E-state index contributed by atoms with van der Waals surface area (Å²) in [6, 6.07) is 20.0. The molecule has 20 heavy (non-hydrogen) atoms. The first-order chi connectivity index (χ1) is 9.38. The SMILES string of the molecule is C=CCSC(=Nc1ccccc1)Nc1ccccc1.Cl. The zero-order chi connectivity index (χ0) is 13.3. The number of benzene rings is 2. The number of halogens is 1. The van der Waals surface area contributed by atoms with Crippen molar-refractivity contribution in [2.45, 2.75) is 0 Å². The maximum Gasteiger partial charge on any atom is 0.166 e. The maximum atomic E-state index is 4.61. The first kappa shape index (κ1) is 16.3. The van der Waals surface area contributed by atoms with Gasteiger partial charge in [0.1, 0.15) is 0 Å². The van der Waals surface area contributed by atoms with Gasteiger partial charge in [0.25, 0.3) is 0 Å². The molecule has 0 aliphatic rings. The summed E-state index contributed by atoms with van der Waals surface area (Å²) in [5, 5.41) is 4.20. The van der Waals surface area contributed by atoms with E-state index in [2.05, 4.69) is 16.9 Å². The average molecular weight is 305 g/mol. The van der Waals surface area contributed by atoms with Gasteiger partial charge >= 0.3 is 0 Å². The van der Waals surface area contributed by atoms with Gasteiger partial charge in [-0.05, 0) is 24.3 Å². The summed E-state index contributed by atoms with van der Waals surface area (Å²) in [4.78, 5) is 4.61. The van der Waals surface area contributed by atoms with Gasteiger partial charge in [0.2, 0.25) is 0 Å². The Bertz CT molecular complexity index is 541. The summed E-state index contributed by atoms with van der Waals surface area (Å²) in [7, 11) is 0. The predicted octanol–water partition coefficient (Wildman–Crippen LogP) is 5.13. The van der Waals surface area contributed by atoms with Gasteiger partial charge in [0.05, 0.1) is 5.69 Å². The van der Waals surface area contributed by atoms with Crippen molar-refractivity contribution in [2.75, 3.05) is 11.1 Å². The molecular formula is C16H17ClN2S. The predicted molar refractivity (Wildman–Crippen MR) is 93.5 cm³/mol. The van der Waals surface area contributed by atoms with E-state index in [1.54, 1.807) is 11.8 Å². The summed E-state index contributed by atoms with van der Waals surface area (Å²) in [5.74, 6) is 0.825. The molecule has 0 heterocycles. The molecule has 0 saturated heterocycles. The average Bonchev–Trinajstić information content (AvgIpc) is 2.47. The van der Waals surface area contributed by atoms with Crippen LogP contribution >= 0.6 is 24.2 Å². The number of para-hydroxylation sites is 2. The molecule has 0 radical (unpaired) electrons. The van der Waals surface area contributed by atoms with Crippen LogP contribution in [0.25, 0.3) is 0 Å². The van der Waals surface area contributed by atoms with Crippen LogP contribution in [0.5, 0.6) is 0 Å². The molecule has 0 atom stereocenters. The van der Waals surface area contributed by atoms with E-state index in [4.69, 9.17) is 0 Å². The summed E-state index contributed by atoms with van der Waals surface area (Å²) < 4.78 is 0. The van der Waals surface area contributed by atoms with Crippen LogP contribution in [0, 0.1) is 0 Å². The van der Waals surface area contributed by atoms with Crippen molar-refractivity contribution in [3.63, 3.8) is 0 Å². The van der Waals surface area contributed by atoms with Gasteiger partial charge in [-0.2, -0.15) is 0 Å². The van der Waals surface area contributed by atoms with E-state index >= 15 is 0 Å². The highest BCUT2D eigenvalue weighted by atomic mass is 35.5. The first-order valence-electron chi connectivity index (χ1n) is 6.08. The lowest BCUT2D eigenvalue weighted by Gasteiger charge is -2.08. The van der Waals surface area contributed by atoms with Gasteiger partial charge < -0.3 is 5.32 Å². The summed E-state index contributed by atoms with van der Waals surface area (Å²) in [5.41, 5.74) is 1.98. The molecule has 0 aliphatic carbocycles. The number of rotatable bonds is 4. The third kappa shape index (κ3) is 5.51. The highest BCUT2D eigenvalue weighted by molar-refractivity contribution is 8.14. The Kier molecular flexibility index (Phi) is 7.55. The van der Waals surface area contributed by atoms with Crippen molar-refractivity contribution in [2.24, 2.45) is 4.99 Å². The molecule has 104 valence electrons. The van der Waals surface area contributed by atoms with Crippen LogP contribution < -0.4 is 5.32 Å². The fraction of sp³-hybridized carbons (Fsp3) is 0.0625. The van der Waals surface area contributed by atoms with Crippen LogP contribution in [0.3, 0.4) is 0 Å². The van der Waals surface area contributed by atoms with Crippen molar-refractivity contribution in [1.29, 1.82) is 0 Å². The molecule has 0 fully saturated rings. The second kappa shape index (κ2) is 9.23. The lowest BCUT2D eigenvalue weighted by molar-refractivity contribution is 1.51. The second-order valence-electron chi connectivity index (χ2n) is 3.84. The van der Waals surface area contributed by atoms with Crippen LogP contribution in [0.4, 0.5) is 11.4 Å². The fourth-order valence-corrected chi connectivity index (χ4v) is 2.13. The van der Waals surface area contributed by atoms with Crippen LogP contribution in [0.2, 0.25) is 0 Å². The molecule has 0 aliphatic heterocycles. The lowest BCUT2D eigenvalue weighted by atomic mass is 10.3. The van der Waals surface area contributed by atoms with Gasteiger partial charge in [-0.15, -0.1) is 19.0 Å². The van der Waals surface area contributed by atoms with Gasteiger partial charge in [0, 0.05) is 11.4 Å². The number of amidine groups is 1.